The Morgan fingerprint density at radius 1 is 1.57 bits per heavy atom. The fraction of sp³-hybridized carbons (Fsp3) is 0.733. The molecule has 1 aromatic rings. The highest BCUT2D eigenvalue weighted by atomic mass is 16.5. The van der Waals surface area contributed by atoms with Crippen LogP contribution in [0.5, 0.6) is 0 Å². The van der Waals surface area contributed by atoms with Crippen molar-refractivity contribution in [3.05, 3.63) is 18.0 Å². The van der Waals surface area contributed by atoms with Crippen LogP contribution >= 0.6 is 0 Å². The number of nitrogens with zero attached hydrogens (tertiary/aromatic N) is 3. The summed E-state index contributed by atoms with van der Waals surface area (Å²) in [5.74, 6) is 0.0642. The zero-order valence-electron chi connectivity index (χ0n) is 13.2. The number of ether oxygens (including phenoxy) is 1. The zero-order valence-corrected chi connectivity index (χ0v) is 13.2. The standard InChI is InChI=1S/C15H25N3O3/c1-11(2)13(19)7-14(20)18-5-6-21-15(3,10-18)12-8-16-17(4)9-12/h8-9,11,13,19H,5-7,10H2,1-4H3. The Morgan fingerprint density at radius 2 is 2.29 bits per heavy atom. The van der Waals surface area contributed by atoms with Crippen LogP contribution in [0.4, 0.5) is 0 Å². The summed E-state index contributed by atoms with van der Waals surface area (Å²) in [5, 5.41) is 14.1. The highest BCUT2D eigenvalue weighted by Gasteiger charge is 2.37. The monoisotopic (exact) mass is 295 g/mol. The van der Waals surface area contributed by atoms with Gasteiger partial charge in [0.1, 0.15) is 5.60 Å². The van der Waals surface area contributed by atoms with Gasteiger partial charge < -0.3 is 14.7 Å². The van der Waals surface area contributed by atoms with Crippen LogP contribution < -0.4 is 0 Å². The summed E-state index contributed by atoms with van der Waals surface area (Å²) in [4.78, 5) is 14.1. The molecule has 2 heterocycles. The largest absolute Gasteiger partial charge is 0.392 e. The maximum atomic E-state index is 12.3. The van der Waals surface area contributed by atoms with Gasteiger partial charge in [0, 0.05) is 25.4 Å². The van der Waals surface area contributed by atoms with Gasteiger partial charge >= 0.3 is 0 Å². The topological polar surface area (TPSA) is 67.6 Å². The molecule has 21 heavy (non-hydrogen) atoms. The van der Waals surface area contributed by atoms with Gasteiger partial charge in [-0.1, -0.05) is 13.8 Å². The second-order valence-electron chi connectivity index (χ2n) is 6.31. The summed E-state index contributed by atoms with van der Waals surface area (Å²) in [7, 11) is 1.86. The van der Waals surface area contributed by atoms with Gasteiger partial charge in [-0.15, -0.1) is 0 Å². The van der Waals surface area contributed by atoms with Crippen LogP contribution in [0.3, 0.4) is 0 Å². The van der Waals surface area contributed by atoms with E-state index in [0.29, 0.717) is 19.7 Å². The summed E-state index contributed by atoms with van der Waals surface area (Å²) in [6.45, 7) is 7.35. The third kappa shape index (κ3) is 3.63. The lowest BCUT2D eigenvalue weighted by atomic mass is 9.96. The summed E-state index contributed by atoms with van der Waals surface area (Å²) < 4.78 is 7.62. The third-order valence-electron chi connectivity index (χ3n) is 4.10. The van der Waals surface area contributed by atoms with Crippen LogP contribution in [0, 0.1) is 5.92 Å². The molecule has 2 rings (SSSR count). The number of carbonyl (C=O) groups excluding carboxylic acids is 1. The van der Waals surface area contributed by atoms with Gasteiger partial charge in [0.2, 0.25) is 5.91 Å². The molecule has 0 aliphatic carbocycles. The average molecular weight is 295 g/mol. The number of hydrogen-bond donors (Lipinski definition) is 1. The van der Waals surface area contributed by atoms with Gasteiger partial charge in [0.05, 0.1) is 31.9 Å². The Balaban J connectivity index is 2.05. The molecule has 1 saturated heterocycles. The van der Waals surface area contributed by atoms with Gasteiger partial charge in [-0.25, -0.2) is 0 Å². The molecule has 1 aromatic heterocycles. The first-order valence-electron chi connectivity index (χ1n) is 7.41. The fourth-order valence-corrected chi connectivity index (χ4v) is 2.50. The number of carbonyl (C=O) groups is 1. The minimum absolute atomic E-state index is 0.0189. The molecule has 0 spiro atoms. The highest BCUT2D eigenvalue weighted by Crippen LogP contribution is 2.29. The van der Waals surface area contributed by atoms with Crippen LogP contribution in [-0.2, 0) is 22.2 Å². The summed E-state index contributed by atoms with van der Waals surface area (Å²) in [6, 6.07) is 0. The number of aryl methyl sites for hydroxylation is 1. The number of aliphatic hydroxyl groups excluding tert-OH is 1. The molecule has 6 nitrogen and oxygen atoms in total. The lowest BCUT2D eigenvalue weighted by Crippen LogP contribution is -2.51. The molecule has 1 amide bonds. The number of amides is 1. The van der Waals surface area contributed by atoms with Crippen molar-refractivity contribution in [3.8, 4) is 0 Å². The quantitative estimate of drug-likeness (QED) is 0.896. The average Bonchev–Trinajstić information content (AvgIpc) is 2.86. The Kier molecular flexibility index (Phi) is 4.68. The predicted molar refractivity (Wildman–Crippen MR) is 78.6 cm³/mol. The van der Waals surface area contributed by atoms with Crippen molar-refractivity contribution in [2.45, 2.75) is 38.9 Å². The molecule has 0 radical (unpaired) electrons. The molecule has 1 aliphatic rings. The van der Waals surface area contributed by atoms with E-state index in [2.05, 4.69) is 5.10 Å². The molecule has 6 heteroatoms. The maximum Gasteiger partial charge on any atom is 0.225 e. The van der Waals surface area contributed by atoms with E-state index in [1.165, 1.54) is 0 Å². The third-order valence-corrected chi connectivity index (χ3v) is 4.10. The van der Waals surface area contributed by atoms with Crippen molar-refractivity contribution in [3.63, 3.8) is 0 Å². The number of aromatic nitrogens is 2. The molecule has 2 atom stereocenters. The first-order chi connectivity index (χ1) is 9.82. The van der Waals surface area contributed by atoms with Crippen molar-refractivity contribution < 1.29 is 14.6 Å². The smallest absolute Gasteiger partial charge is 0.225 e. The van der Waals surface area contributed by atoms with Crippen molar-refractivity contribution in [1.82, 2.24) is 14.7 Å². The van der Waals surface area contributed by atoms with E-state index >= 15 is 0 Å². The SMILES string of the molecule is CC(C)C(O)CC(=O)N1CCOC(C)(c2cnn(C)c2)C1. The molecule has 1 fully saturated rings. The highest BCUT2D eigenvalue weighted by molar-refractivity contribution is 5.77. The van der Waals surface area contributed by atoms with Crippen LogP contribution in [0.15, 0.2) is 12.4 Å². The van der Waals surface area contributed by atoms with E-state index in [9.17, 15) is 9.90 Å². The number of rotatable bonds is 4. The molecule has 2 unspecified atom stereocenters. The van der Waals surface area contributed by atoms with Crippen LogP contribution in [0.2, 0.25) is 0 Å². The summed E-state index contributed by atoms with van der Waals surface area (Å²) in [6.07, 6.45) is 3.26. The minimum Gasteiger partial charge on any atom is -0.392 e. The molecule has 0 bridgehead atoms. The zero-order chi connectivity index (χ0) is 15.6. The van der Waals surface area contributed by atoms with E-state index in [0.717, 1.165) is 5.56 Å². The van der Waals surface area contributed by atoms with Crippen molar-refractivity contribution >= 4 is 5.91 Å². The number of morpholine rings is 1. The molecule has 1 N–H and O–H groups in total. The van der Waals surface area contributed by atoms with Gasteiger partial charge in [-0.05, 0) is 12.8 Å². The van der Waals surface area contributed by atoms with Gasteiger partial charge in [0.25, 0.3) is 0 Å². The maximum absolute atomic E-state index is 12.3. The molecule has 1 aliphatic heterocycles. The molecule has 118 valence electrons. The summed E-state index contributed by atoms with van der Waals surface area (Å²) in [5.41, 5.74) is 0.428. The lowest BCUT2D eigenvalue weighted by molar-refractivity contribution is -0.152. The van der Waals surface area contributed by atoms with Crippen LogP contribution in [0.1, 0.15) is 32.8 Å². The van der Waals surface area contributed by atoms with E-state index in [4.69, 9.17) is 4.74 Å². The van der Waals surface area contributed by atoms with Crippen molar-refractivity contribution in [2.24, 2.45) is 13.0 Å². The normalized spacial score (nSPS) is 24.4. The van der Waals surface area contributed by atoms with Crippen molar-refractivity contribution in [2.75, 3.05) is 19.7 Å². The molecular weight excluding hydrogens is 270 g/mol. The fourth-order valence-electron chi connectivity index (χ4n) is 2.50. The van der Waals surface area contributed by atoms with Crippen molar-refractivity contribution in [1.29, 1.82) is 0 Å². The molecule has 0 saturated carbocycles. The lowest BCUT2D eigenvalue weighted by Gasteiger charge is -2.40. The summed E-state index contributed by atoms with van der Waals surface area (Å²) >= 11 is 0. The number of hydrogen-bond acceptors (Lipinski definition) is 4. The molecular formula is C15H25N3O3. The van der Waals surface area contributed by atoms with E-state index in [1.54, 1.807) is 15.8 Å². The van der Waals surface area contributed by atoms with E-state index in [-0.39, 0.29) is 18.2 Å². The van der Waals surface area contributed by atoms with E-state index < -0.39 is 11.7 Å². The Hall–Kier alpha value is -1.40. The molecule has 0 aromatic carbocycles. The Morgan fingerprint density at radius 3 is 2.86 bits per heavy atom. The van der Waals surface area contributed by atoms with E-state index in [1.807, 2.05) is 34.0 Å². The number of aliphatic hydroxyl groups is 1. The Labute approximate surface area is 125 Å². The van der Waals surface area contributed by atoms with Gasteiger partial charge in [0.15, 0.2) is 0 Å². The first-order valence-corrected chi connectivity index (χ1v) is 7.41. The second-order valence-corrected chi connectivity index (χ2v) is 6.31. The predicted octanol–water partition coefficient (Wildman–Crippen LogP) is 0.901. The first kappa shape index (κ1) is 16.0. The second kappa shape index (κ2) is 6.15. The van der Waals surface area contributed by atoms with Gasteiger partial charge in [-0.3, -0.25) is 9.48 Å². The van der Waals surface area contributed by atoms with Gasteiger partial charge in [-0.2, -0.15) is 5.10 Å². The van der Waals surface area contributed by atoms with Crippen LogP contribution in [-0.4, -0.2) is 51.5 Å². The minimum atomic E-state index is -0.593. The van der Waals surface area contributed by atoms with Crippen LogP contribution in [0.25, 0.3) is 0 Å². The Bertz CT molecular complexity index is 500.